The van der Waals surface area contributed by atoms with Crippen LogP contribution in [0, 0.1) is 11.8 Å². The molecule has 0 aliphatic heterocycles. The predicted molar refractivity (Wildman–Crippen MR) is 128 cm³/mol. The molecule has 0 heterocycles. The van der Waals surface area contributed by atoms with Gasteiger partial charge >= 0.3 is 11.9 Å². The highest BCUT2D eigenvalue weighted by atomic mass is 16.5. The zero-order valence-corrected chi connectivity index (χ0v) is 20.7. The number of hydrogen-bond donors (Lipinski definition) is 0. The molecule has 1 aromatic rings. The Balaban J connectivity index is 2.44. The highest BCUT2D eigenvalue weighted by Gasteiger charge is 2.17. The topological polar surface area (TPSA) is 69.7 Å². The van der Waals surface area contributed by atoms with Crippen LogP contribution in [0.25, 0.3) is 0 Å². The van der Waals surface area contributed by atoms with Crippen LogP contribution in [0.5, 0.6) is 0 Å². The molecule has 0 fully saturated rings. The maximum atomic E-state index is 12.1. The lowest BCUT2D eigenvalue weighted by Gasteiger charge is -2.19. The van der Waals surface area contributed by atoms with Crippen molar-refractivity contribution in [1.29, 1.82) is 0 Å². The molecule has 0 amide bonds. The smallest absolute Gasteiger partial charge is 0.338 e. The third-order valence-corrected chi connectivity index (χ3v) is 5.78. The number of carbonyl (C=O) groups is 3. The summed E-state index contributed by atoms with van der Waals surface area (Å²) < 4.78 is 10.5. The number of benzene rings is 1. The van der Waals surface area contributed by atoms with E-state index in [4.69, 9.17) is 9.47 Å². The number of carbonyl (C=O) groups excluding carboxylic acids is 3. The molecule has 0 aliphatic carbocycles. The van der Waals surface area contributed by atoms with Crippen molar-refractivity contribution in [2.45, 2.75) is 98.5 Å². The van der Waals surface area contributed by atoms with Crippen molar-refractivity contribution in [3.05, 3.63) is 35.4 Å². The van der Waals surface area contributed by atoms with E-state index in [0.29, 0.717) is 18.1 Å². The molecule has 0 radical (unpaired) electrons. The molecule has 0 N–H and O–H groups in total. The third-order valence-electron chi connectivity index (χ3n) is 5.78. The Morgan fingerprint density at radius 3 is 1.97 bits per heavy atom. The molecule has 180 valence electrons. The lowest BCUT2D eigenvalue weighted by molar-refractivity contribution is -0.147. The molecule has 2 unspecified atom stereocenters. The van der Waals surface area contributed by atoms with Gasteiger partial charge in [0.2, 0.25) is 0 Å². The van der Waals surface area contributed by atoms with Gasteiger partial charge in [-0.2, -0.15) is 0 Å². The molecular weight excluding hydrogens is 404 g/mol. The summed E-state index contributed by atoms with van der Waals surface area (Å²) in [4.78, 5) is 35.3. The molecule has 0 aliphatic rings. The number of hydrogen-bond acceptors (Lipinski definition) is 5. The van der Waals surface area contributed by atoms with E-state index in [-0.39, 0.29) is 29.7 Å². The van der Waals surface area contributed by atoms with Crippen molar-refractivity contribution >= 4 is 17.7 Å². The van der Waals surface area contributed by atoms with Gasteiger partial charge in [0.1, 0.15) is 11.9 Å². The van der Waals surface area contributed by atoms with Crippen LogP contribution in [0.2, 0.25) is 0 Å². The van der Waals surface area contributed by atoms with Gasteiger partial charge < -0.3 is 9.47 Å². The van der Waals surface area contributed by atoms with E-state index >= 15 is 0 Å². The van der Waals surface area contributed by atoms with E-state index in [2.05, 4.69) is 13.8 Å². The zero-order chi connectivity index (χ0) is 23.9. The fraction of sp³-hybridized carbons (Fsp3) is 0.667. The fourth-order valence-corrected chi connectivity index (χ4v) is 3.97. The normalized spacial score (nSPS) is 12.9. The minimum absolute atomic E-state index is 0.0439. The van der Waals surface area contributed by atoms with Crippen LogP contribution >= 0.6 is 0 Å². The van der Waals surface area contributed by atoms with Crippen molar-refractivity contribution in [3.63, 3.8) is 0 Å². The van der Waals surface area contributed by atoms with Gasteiger partial charge in [0.15, 0.2) is 0 Å². The second-order valence-corrected chi connectivity index (χ2v) is 9.10. The Bertz CT molecular complexity index is 693. The Morgan fingerprint density at radius 2 is 1.44 bits per heavy atom. The van der Waals surface area contributed by atoms with E-state index in [9.17, 15) is 14.4 Å². The molecule has 0 saturated carbocycles. The van der Waals surface area contributed by atoms with Gasteiger partial charge in [-0.1, -0.05) is 32.4 Å². The first-order chi connectivity index (χ1) is 15.2. The fourth-order valence-electron chi connectivity index (χ4n) is 3.97. The molecule has 5 nitrogen and oxygen atoms in total. The van der Waals surface area contributed by atoms with Gasteiger partial charge in [-0.15, -0.1) is 0 Å². The Morgan fingerprint density at radius 1 is 0.844 bits per heavy atom. The van der Waals surface area contributed by atoms with E-state index in [0.717, 1.165) is 63.4 Å². The number of ether oxygens (including phenoxy) is 2. The van der Waals surface area contributed by atoms with Gasteiger partial charge in [-0.3, -0.25) is 9.59 Å². The third kappa shape index (κ3) is 12.0. The SMILES string of the molecule is CCOC(=O)c1ccc(CCCC(CCCC(CCCC(C)C)OC(C)=O)C(C)=O)cc1. The first kappa shape index (κ1) is 27.9. The maximum Gasteiger partial charge on any atom is 0.338 e. The first-order valence-corrected chi connectivity index (χ1v) is 12.2. The summed E-state index contributed by atoms with van der Waals surface area (Å²) in [7, 11) is 0. The maximum absolute atomic E-state index is 12.1. The highest BCUT2D eigenvalue weighted by molar-refractivity contribution is 5.89. The Labute approximate surface area is 194 Å². The molecule has 5 heteroatoms. The van der Waals surface area contributed by atoms with E-state index in [1.165, 1.54) is 6.92 Å². The van der Waals surface area contributed by atoms with Crippen molar-refractivity contribution in [2.24, 2.45) is 11.8 Å². The van der Waals surface area contributed by atoms with Crippen LogP contribution in [0.3, 0.4) is 0 Å². The van der Waals surface area contributed by atoms with E-state index in [1.807, 2.05) is 12.1 Å². The minimum Gasteiger partial charge on any atom is -0.463 e. The van der Waals surface area contributed by atoms with Crippen molar-refractivity contribution < 1.29 is 23.9 Å². The van der Waals surface area contributed by atoms with Gasteiger partial charge in [0.25, 0.3) is 0 Å². The van der Waals surface area contributed by atoms with Gasteiger partial charge in [0.05, 0.1) is 12.2 Å². The molecule has 0 saturated heterocycles. The van der Waals surface area contributed by atoms with E-state index < -0.39 is 0 Å². The summed E-state index contributed by atoms with van der Waals surface area (Å²) in [5, 5.41) is 0. The van der Waals surface area contributed by atoms with Crippen LogP contribution in [0.1, 0.15) is 102 Å². The molecule has 2 atom stereocenters. The van der Waals surface area contributed by atoms with Crippen LogP contribution in [0.4, 0.5) is 0 Å². The summed E-state index contributed by atoms with van der Waals surface area (Å²) in [6.07, 6.45) is 8.22. The molecule has 0 aromatic heterocycles. The lowest BCUT2D eigenvalue weighted by atomic mass is 9.90. The highest BCUT2D eigenvalue weighted by Crippen LogP contribution is 2.21. The second kappa shape index (κ2) is 15.6. The number of esters is 2. The average molecular weight is 447 g/mol. The summed E-state index contributed by atoms with van der Waals surface area (Å²) in [5.41, 5.74) is 1.72. The van der Waals surface area contributed by atoms with Crippen molar-refractivity contribution in [3.8, 4) is 0 Å². The molecular formula is C27H42O5. The summed E-state index contributed by atoms with van der Waals surface area (Å²) in [6.45, 7) is 9.70. The monoisotopic (exact) mass is 446 g/mol. The number of Topliss-reactive ketones (excluding diaryl/α,β-unsaturated/α-hetero) is 1. The molecule has 1 aromatic carbocycles. The number of rotatable bonds is 16. The quantitative estimate of drug-likeness (QED) is 0.278. The second-order valence-electron chi connectivity index (χ2n) is 9.10. The summed E-state index contributed by atoms with van der Waals surface area (Å²) >= 11 is 0. The minimum atomic E-state index is -0.299. The zero-order valence-electron chi connectivity index (χ0n) is 20.7. The standard InChI is InChI=1S/C27H42O5/c1-6-31-27(30)25-18-16-23(17-19-25)11-8-12-24(21(4)28)13-9-15-26(32-22(5)29)14-7-10-20(2)3/h16-20,24,26H,6-15H2,1-5H3. The summed E-state index contributed by atoms with van der Waals surface area (Å²) in [5.74, 6) is 0.397. The van der Waals surface area contributed by atoms with Crippen LogP contribution in [-0.4, -0.2) is 30.4 Å². The van der Waals surface area contributed by atoms with Crippen molar-refractivity contribution in [1.82, 2.24) is 0 Å². The van der Waals surface area contributed by atoms with Gasteiger partial charge in [-0.25, -0.2) is 4.79 Å². The Kier molecular flexibility index (Phi) is 13.6. The summed E-state index contributed by atoms with van der Waals surface area (Å²) in [6, 6.07) is 7.50. The largest absolute Gasteiger partial charge is 0.463 e. The molecule has 0 spiro atoms. The van der Waals surface area contributed by atoms with Gasteiger partial charge in [-0.05, 0) is 88.8 Å². The van der Waals surface area contributed by atoms with E-state index in [1.54, 1.807) is 26.0 Å². The van der Waals surface area contributed by atoms with Crippen LogP contribution < -0.4 is 0 Å². The molecule has 32 heavy (non-hydrogen) atoms. The number of aryl methyl sites for hydroxylation is 1. The van der Waals surface area contributed by atoms with Crippen molar-refractivity contribution in [2.75, 3.05) is 6.61 Å². The molecule has 1 rings (SSSR count). The van der Waals surface area contributed by atoms with Crippen LogP contribution in [-0.2, 0) is 25.5 Å². The Hall–Kier alpha value is -2.17. The lowest BCUT2D eigenvalue weighted by Crippen LogP contribution is -2.18. The predicted octanol–water partition coefficient (Wildman–Crippen LogP) is 6.32. The molecule has 0 bridgehead atoms. The average Bonchev–Trinajstić information content (AvgIpc) is 2.72. The van der Waals surface area contributed by atoms with Crippen LogP contribution in [0.15, 0.2) is 24.3 Å². The van der Waals surface area contributed by atoms with Gasteiger partial charge in [0, 0.05) is 12.8 Å². The number of ketones is 1. The first-order valence-electron chi connectivity index (χ1n) is 12.2.